The maximum Gasteiger partial charge on any atom is 0.256 e. The lowest BCUT2D eigenvalue weighted by atomic mass is 9.73. The van der Waals surface area contributed by atoms with E-state index in [1.807, 2.05) is 11.0 Å². The number of H-pyrrole nitrogens is 1. The van der Waals surface area contributed by atoms with Crippen LogP contribution in [0.1, 0.15) is 38.4 Å². The topological polar surface area (TPSA) is 105 Å². The molecule has 1 saturated carbocycles. The number of likely N-dealkylation sites (tertiary alicyclic amines) is 1. The van der Waals surface area contributed by atoms with Crippen molar-refractivity contribution in [3.63, 3.8) is 0 Å². The number of aromatic nitrogens is 6. The summed E-state index contributed by atoms with van der Waals surface area (Å²) in [4.78, 5) is 35.4. The second-order valence-electron chi connectivity index (χ2n) is 9.75. The zero-order valence-corrected chi connectivity index (χ0v) is 19.6. The van der Waals surface area contributed by atoms with Gasteiger partial charge in [0.15, 0.2) is 5.65 Å². The summed E-state index contributed by atoms with van der Waals surface area (Å²) in [7, 11) is 0. The first-order chi connectivity index (χ1) is 16.8. The first-order valence-corrected chi connectivity index (χ1v) is 11.8. The second-order valence-corrected chi connectivity index (χ2v) is 9.75. The number of aryl methyl sites for hydroxylation is 1. The number of nitrogens with zero attached hydrogens (tertiary/aromatic N) is 6. The van der Waals surface area contributed by atoms with E-state index in [0.29, 0.717) is 40.7 Å². The number of alkyl halides is 2. The zero-order valence-electron chi connectivity index (χ0n) is 19.6. The van der Waals surface area contributed by atoms with Gasteiger partial charge in [-0.2, -0.15) is 4.98 Å². The van der Waals surface area contributed by atoms with Crippen LogP contribution in [-0.4, -0.2) is 64.8 Å². The highest BCUT2D eigenvalue weighted by atomic mass is 19.3. The van der Waals surface area contributed by atoms with Crippen LogP contribution in [-0.2, 0) is 11.3 Å². The van der Waals surface area contributed by atoms with E-state index in [1.54, 1.807) is 25.4 Å². The second kappa shape index (κ2) is 7.96. The van der Waals surface area contributed by atoms with Gasteiger partial charge in [0.1, 0.15) is 17.0 Å². The van der Waals surface area contributed by atoms with Crippen molar-refractivity contribution in [1.29, 1.82) is 0 Å². The largest absolute Gasteiger partial charge is 0.351 e. The minimum absolute atomic E-state index is 0.0888. The summed E-state index contributed by atoms with van der Waals surface area (Å²) in [5.41, 5.74) is 3.01. The zero-order chi connectivity index (χ0) is 24.3. The molecule has 182 valence electrons. The Morgan fingerprint density at radius 2 is 2.09 bits per heavy atom. The highest BCUT2D eigenvalue weighted by Crippen LogP contribution is 2.41. The first-order valence-electron chi connectivity index (χ1n) is 11.8. The number of carbonyl (C=O) groups excluding carboxylic acids is 1. The fourth-order valence-corrected chi connectivity index (χ4v) is 5.54. The van der Waals surface area contributed by atoms with Crippen molar-refractivity contribution in [2.75, 3.05) is 11.9 Å². The predicted octanol–water partition coefficient (Wildman–Crippen LogP) is 3.90. The molecule has 2 N–H and O–H groups in total. The van der Waals surface area contributed by atoms with Crippen molar-refractivity contribution < 1.29 is 13.6 Å². The molecule has 4 aromatic rings. The number of imidazole rings is 1. The van der Waals surface area contributed by atoms with Gasteiger partial charge < -0.3 is 19.8 Å². The van der Waals surface area contributed by atoms with Crippen LogP contribution in [0, 0.1) is 6.92 Å². The monoisotopic (exact) mass is 480 g/mol. The van der Waals surface area contributed by atoms with Crippen LogP contribution in [0.5, 0.6) is 0 Å². The summed E-state index contributed by atoms with van der Waals surface area (Å²) in [5, 5.41) is 4.18. The van der Waals surface area contributed by atoms with Gasteiger partial charge in [0, 0.05) is 47.9 Å². The molecule has 0 bridgehead atoms. The number of fused-ring (bicyclic) bond motifs is 2. The fraction of sp³-hybridized carbons (Fsp3) is 0.458. The van der Waals surface area contributed by atoms with Gasteiger partial charge in [-0.1, -0.05) is 0 Å². The molecular weight excluding hydrogens is 454 g/mol. The number of nitrogens with one attached hydrogen (secondary N) is 2. The number of anilines is 1. The molecule has 1 amide bonds. The van der Waals surface area contributed by atoms with Gasteiger partial charge in [-0.15, -0.1) is 0 Å². The molecule has 0 aromatic carbocycles. The molecule has 11 heteroatoms. The minimum atomic E-state index is -2.49. The Balaban J connectivity index is 1.22. The van der Waals surface area contributed by atoms with E-state index in [1.165, 1.54) is 4.57 Å². The number of halogens is 2. The molecule has 0 atom stereocenters. The van der Waals surface area contributed by atoms with Crippen molar-refractivity contribution in [2.45, 2.75) is 64.1 Å². The molecule has 5 heterocycles. The molecule has 1 saturated heterocycles. The predicted molar refractivity (Wildman–Crippen MR) is 127 cm³/mol. The molecule has 0 unspecified atom stereocenters. The Morgan fingerprint density at radius 1 is 1.26 bits per heavy atom. The lowest BCUT2D eigenvalue weighted by molar-refractivity contribution is -0.136. The third-order valence-electron chi connectivity index (χ3n) is 7.24. The van der Waals surface area contributed by atoms with Crippen molar-refractivity contribution in [2.24, 2.45) is 0 Å². The fourth-order valence-electron chi connectivity index (χ4n) is 5.54. The number of carbonyl (C=O) groups is 1. The summed E-state index contributed by atoms with van der Waals surface area (Å²) >= 11 is 0. The van der Waals surface area contributed by atoms with Crippen molar-refractivity contribution in [1.82, 2.24) is 34.4 Å². The molecule has 4 aromatic heterocycles. The average Bonchev–Trinajstić information content (AvgIpc) is 3.49. The van der Waals surface area contributed by atoms with Crippen LogP contribution >= 0.6 is 0 Å². The Hall–Kier alpha value is -3.63. The average molecular weight is 481 g/mol. The van der Waals surface area contributed by atoms with Crippen LogP contribution in [0.3, 0.4) is 0 Å². The van der Waals surface area contributed by atoms with Crippen LogP contribution < -0.4 is 5.32 Å². The molecule has 1 aliphatic heterocycles. The molecule has 0 spiro atoms. The van der Waals surface area contributed by atoms with Crippen LogP contribution in [0.25, 0.3) is 33.5 Å². The number of hydrogen-bond donors (Lipinski definition) is 2. The molecule has 35 heavy (non-hydrogen) atoms. The molecule has 9 nitrogen and oxygen atoms in total. The molecule has 0 radical (unpaired) electrons. The SMILES string of the molecule is Cc1nc2ccc(-c3c[nH]c4nc(N[C@H]5C[C@@](C)(N6CCCC6=O)C5)ncc34)nc2n1CC(F)F. The van der Waals surface area contributed by atoms with Crippen molar-refractivity contribution in [3.8, 4) is 11.3 Å². The van der Waals surface area contributed by atoms with Gasteiger partial charge in [-0.3, -0.25) is 4.79 Å². The number of hydrogen-bond acceptors (Lipinski definition) is 6. The van der Waals surface area contributed by atoms with E-state index in [-0.39, 0.29) is 17.5 Å². The van der Waals surface area contributed by atoms with Gasteiger partial charge in [0.2, 0.25) is 11.9 Å². The summed E-state index contributed by atoms with van der Waals surface area (Å²) < 4.78 is 27.6. The first kappa shape index (κ1) is 21.9. The van der Waals surface area contributed by atoms with E-state index in [2.05, 4.69) is 37.2 Å². The Labute approximate surface area is 200 Å². The number of amides is 1. The Morgan fingerprint density at radius 3 is 2.83 bits per heavy atom. The van der Waals surface area contributed by atoms with Gasteiger partial charge in [-0.25, -0.2) is 23.7 Å². The van der Waals surface area contributed by atoms with E-state index in [4.69, 9.17) is 0 Å². The van der Waals surface area contributed by atoms with Crippen LogP contribution in [0.2, 0.25) is 0 Å². The van der Waals surface area contributed by atoms with E-state index >= 15 is 0 Å². The standard InChI is InChI=1S/C24H26F2N8O/c1-13-29-18-6-5-17(31-22(18)33(13)12-19(25)26)15-10-27-21-16(15)11-28-23(32-21)30-14-8-24(2,9-14)34-7-3-4-20(34)35/h5-6,10-11,14,19H,3-4,7-9,12H2,1-2H3,(H2,27,28,30,32)/t14-,24+. The van der Waals surface area contributed by atoms with Gasteiger partial charge in [0.25, 0.3) is 6.43 Å². The van der Waals surface area contributed by atoms with Crippen LogP contribution in [0.4, 0.5) is 14.7 Å². The lowest BCUT2D eigenvalue weighted by Crippen LogP contribution is -2.59. The lowest BCUT2D eigenvalue weighted by Gasteiger charge is -2.51. The van der Waals surface area contributed by atoms with Crippen molar-refractivity contribution >= 4 is 34.1 Å². The third-order valence-corrected chi connectivity index (χ3v) is 7.24. The number of pyridine rings is 1. The smallest absolute Gasteiger partial charge is 0.256 e. The molecule has 1 aliphatic carbocycles. The summed E-state index contributed by atoms with van der Waals surface area (Å²) in [6, 6.07) is 3.83. The Kier molecular flexibility index (Phi) is 4.97. The minimum Gasteiger partial charge on any atom is -0.351 e. The molecule has 2 aliphatic rings. The summed E-state index contributed by atoms with van der Waals surface area (Å²) in [5.74, 6) is 1.28. The van der Waals surface area contributed by atoms with Gasteiger partial charge in [-0.05, 0) is 45.2 Å². The van der Waals surface area contributed by atoms with E-state index < -0.39 is 13.0 Å². The highest BCUT2D eigenvalue weighted by molar-refractivity contribution is 5.93. The summed E-state index contributed by atoms with van der Waals surface area (Å²) in [6.07, 6.45) is 4.38. The normalized spacial score (nSPS) is 22.5. The highest BCUT2D eigenvalue weighted by Gasteiger charge is 2.48. The molecule has 2 fully saturated rings. The molecule has 6 rings (SSSR count). The van der Waals surface area contributed by atoms with E-state index in [9.17, 15) is 13.6 Å². The molecular formula is C24H26F2N8O. The van der Waals surface area contributed by atoms with Gasteiger partial charge in [0.05, 0.1) is 12.2 Å². The quantitative estimate of drug-likeness (QED) is 0.434. The van der Waals surface area contributed by atoms with Crippen LogP contribution in [0.15, 0.2) is 24.5 Å². The number of rotatable bonds is 6. The maximum absolute atomic E-state index is 13.1. The summed E-state index contributed by atoms with van der Waals surface area (Å²) in [6.45, 7) is 4.24. The maximum atomic E-state index is 13.1. The van der Waals surface area contributed by atoms with Gasteiger partial charge >= 0.3 is 0 Å². The Bertz CT molecular complexity index is 1440. The third kappa shape index (κ3) is 3.69. The number of aromatic amines is 1. The van der Waals surface area contributed by atoms with Crippen molar-refractivity contribution in [3.05, 3.63) is 30.4 Å². The van der Waals surface area contributed by atoms with E-state index in [0.717, 1.165) is 36.8 Å².